The van der Waals surface area contributed by atoms with Gasteiger partial charge in [0.15, 0.2) is 0 Å². The summed E-state index contributed by atoms with van der Waals surface area (Å²) in [5.41, 5.74) is 2.45. The molecule has 0 atom stereocenters. The zero-order chi connectivity index (χ0) is 25.0. The fourth-order valence-corrected chi connectivity index (χ4v) is 5.45. The van der Waals surface area contributed by atoms with Crippen LogP contribution < -0.4 is 19.3 Å². The van der Waals surface area contributed by atoms with E-state index in [1.807, 2.05) is 13.0 Å². The molecule has 0 radical (unpaired) electrons. The third-order valence-corrected chi connectivity index (χ3v) is 7.60. The molecule has 1 fully saturated rings. The van der Waals surface area contributed by atoms with Gasteiger partial charge in [-0.1, -0.05) is 30.3 Å². The minimum atomic E-state index is -4.04. The van der Waals surface area contributed by atoms with Crippen LogP contribution in [0.15, 0.2) is 77.7 Å². The first-order valence-corrected chi connectivity index (χ1v) is 12.7. The Hall–Kier alpha value is -3.85. The molecular weight excluding hydrogens is 466 g/mol. The number of aryl methyl sites for hydroxylation is 1. The van der Waals surface area contributed by atoms with Crippen molar-refractivity contribution in [2.45, 2.75) is 24.7 Å². The molecule has 3 aromatic carbocycles. The standard InChI is InChI=1S/C26H27N3O5S/c1-19-13-14-20(16-24(19)28-15-7-12-26(28)31)27-25(30)18-29(21-8-6-9-22(17-21)34-2)35(32,33)23-10-4-3-5-11-23/h3-6,8-11,13-14,16-17H,7,12,15,18H2,1-2H3,(H,27,30). The summed E-state index contributed by atoms with van der Waals surface area (Å²) in [5, 5.41) is 2.79. The maximum Gasteiger partial charge on any atom is 0.264 e. The van der Waals surface area contributed by atoms with Crippen LogP contribution in [0.1, 0.15) is 18.4 Å². The molecule has 9 heteroatoms. The summed E-state index contributed by atoms with van der Waals surface area (Å²) >= 11 is 0. The summed E-state index contributed by atoms with van der Waals surface area (Å²) < 4.78 is 33.3. The Morgan fingerprint density at radius 1 is 1.06 bits per heavy atom. The SMILES string of the molecule is COc1cccc(N(CC(=O)Nc2ccc(C)c(N3CCCC3=O)c2)S(=O)(=O)c2ccccc2)c1. The number of rotatable bonds is 8. The Kier molecular flexibility index (Phi) is 7.07. The lowest BCUT2D eigenvalue weighted by Gasteiger charge is -2.25. The van der Waals surface area contributed by atoms with Crippen LogP contribution in [-0.4, -0.2) is 40.4 Å². The highest BCUT2D eigenvalue weighted by atomic mass is 32.2. The summed E-state index contributed by atoms with van der Waals surface area (Å²) in [6.07, 6.45) is 1.30. The predicted molar refractivity (Wildman–Crippen MR) is 135 cm³/mol. The van der Waals surface area contributed by atoms with E-state index in [0.717, 1.165) is 22.0 Å². The van der Waals surface area contributed by atoms with E-state index in [0.29, 0.717) is 30.1 Å². The molecule has 2 amide bonds. The van der Waals surface area contributed by atoms with Gasteiger partial charge >= 0.3 is 0 Å². The second kappa shape index (κ2) is 10.2. The number of hydrogen-bond acceptors (Lipinski definition) is 5. The summed E-state index contributed by atoms with van der Waals surface area (Å²) in [7, 11) is -2.55. The predicted octanol–water partition coefficient (Wildman–Crippen LogP) is 3.96. The molecule has 1 heterocycles. The quantitative estimate of drug-likeness (QED) is 0.512. The van der Waals surface area contributed by atoms with E-state index >= 15 is 0 Å². The van der Waals surface area contributed by atoms with Crippen molar-refractivity contribution in [2.75, 3.05) is 34.7 Å². The number of amides is 2. The Labute approximate surface area is 205 Å². The number of sulfonamides is 1. The second-order valence-electron chi connectivity index (χ2n) is 8.22. The van der Waals surface area contributed by atoms with Gasteiger partial charge in [0, 0.05) is 30.4 Å². The van der Waals surface area contributed by atoms with E-state index in [9.17, 15) is 18.0 Å². The summed E-state index contributed by atoms with van der Waals surface area (Å²) in [4.78, 5) is 27.1. The zero-order valence-corrected chi connectivity index (χ0v) is 20.4. The molecule has 0 bridgehead atoms. The first-order chi connectivity index (χ1) is 16.8. The topological polar surface area (TPSA) is 96.0 Å². The van der Waals surface area contributed by atoms with E-state index < -0.39 is 22.5 Å². The molecule has 0 aromatic heterocycles. The second-order valence-corrected chi connectivity index (χ2v) is 10.1. The third kappa shape index (κ3) is 5.30. The van der Waals surface area contributed by atoms with Crippen LogP contribution in [0.4, 0.5) is 17.1 Å². The average Bonchev–Trinajstić information content (AvgIpc) is 3.29. The normalized spacial score (nSPS) is 13.5. The van der Waals surface area contributed by atoms with Crippen LogP contribution in [0.25, 0.3) is 0 Å². The highest BCUT2D eigenvalue weighted by molar-refractivity contribution is 7.92. The molecule has 0 spiro atoms. The molecule has 0 unspecified atom stereocenters. The largest absolute Gasteiger partial charge is 0.497 e. The number of anilines is 3. The molecule has 0 aliphatic carbocycles. The lowest BCUT2D eigenvalue weighted by Crippen LogP contribution is -2.38. The molecule has 35 heavy (non-hydrogen) atoms. The fraction of sp³-hybridized carbons (Fsp3) is 0.231. The Morgan fingerprint density at radius 2 is 1.83 bits per heavy atom. The van der Waals surface area contributed by atoms with Gasteiger partial charge in [0.2, 0.25) is 11.8 Å². The van der Waals surface area contributed by atoms with Crippen LogP contribution in [0.5, 0.6) is 5.75 Å². The molecular formula is C26H27N3O5S. The van der Waals surface area contributed by atoms with Crippen LogP contribution >= 0.6 is 0 Å². The van der Waals surface area contributed by atoms with E-state index in [1.165, 1.54) is 19.2 Å². The maximum absolute atomic E-state index is 13.5. The number of benzene rings is 3. The van der Waals surface area contributed by atoms with Crippen LogP contribution in [0.2, 0.25) is 0 Å². The first-order valence-electron chi connectivity index (χ1n) is 11.2. The van der Waals surface area contributed by atoms with Gasteiger partial charge in [-0.3, -0.25) is 13.9 Å². The van der Waals surface area contributed by atoms with Gasteiger partial charge in [-0.05, 0) is 55.3 Å². The van der Waals surface area contributed by atoms with Crippen molar-refractivity contribution in [1.29, 1.82) is 0 Å². The van der Waals surface area contributed by atoms with Crippen LogP contribution in [-0.2, 0) is 19.6 Å². The zero-order valence-electron chi connectivity index (χ0n) is 19.6. The van der Waals surface area contributed by atoms with Crippen LogP contribution in [0, 0.1) is 6.92 Å². The molecule has 1 aliphatic rings. The van der Waals surface area contributed by atoms with Gasteiger partial charge < -0.3 is 15.0 Å². The Morgan fingerprint density at radius 3 is 2.51 bits per heavy atom. The summed E-state index contributed by atoms with van der Waals surface area (Å²) in [5.74, 6) is -0.000708. The lowest BCUT2D eigenvalue weighted by atomic mass is 10.1. The lowest BCUT2D eigenvalue weighted by molar-refractivity contribution is -0.117. The van der Waals surface area contributed by atoms with Crippen molar-refractivity contribution in [3.8, 4) is 5.75 Å². The highest BCUT2D eigenvalue weighted by Crippen LogP contribution is 2.29. The van der Waals surface area contributed by atoms with Crippen LogP contribution in [0.3, 0.4) is 0 Å². The van der Waals surface area contributed by atoms with Crippen molar-refractivity contribution in [3.05, 3.63) is 78.4 Å². The molecule has 4 rings (SSSR count). The van der Waals surface area contributed by atoms with Crippen molar-refractivity contribution >= 4 is 38.9 Å². The molecule has 1 aliphatic heterocycles. The van der Waals surface area contributed by atoms with E-state index in [4.69, 9.17) is 4.74 Å². The molecule has 0 saturated carbocycles. The molecule has 182 valence electrons. The smallest absolute Gasteiger partial charge is 0.264 e. The van der Waals surface area contributed by atoms with Gasteiger partial charge in [-0.2, -0.15) is 0 Å². The van der Waals surface area contributed by atoms with Gasteiger partial charge in [0.05, 0.1) is 17.7 Å². The van der Waals surface area contributed by atoms with Gasteiger partial charge in [-0.25, -0.2) is 8.42 Å². The Bertz CT molecular complexity index is 1340. The van der Waals surface area contributed by atoms with E-state index in [-0.39, 0.29) is 10.8 Å². The van der Waals surface area contributed by atoms with E-state index in [2.05, 4.69) is 5.32 Å². The number of nitrogens with one attached hydrogen (secondary N) is 1. The van der Waals surface area contributed by atoms with E-state index in [1.54, 1.807) is 59.5 Å². The molecule has 8 nitrogen and oxygen atoms in total. The Balaban J connectivity index is 1.62. The number of methoxy groups -OCH3 is 1. The molecule has 1 N–H and O–H groups in total. The number of carbonyl (C=O) groups excluding carboxylic acids is 2. The number of hydrogen-bond donors (Lipinski definition) is 1. The minimum Gasteiger partial charge on any atom is -0.497 e. The monoisotopic (exact) mass is 493 g/mol. The third-order valence-electron chi connectivity index (χ3n) is 5.82. The van der Waals surface area contributed by atoms with Crippen molar-refractivity contribution in [2.24, 2.45) is 0 Å². The average molecular weight is 494 g/mol. The van der Waals surface area contributed by atoms with Gasteiger partial charge in [-0.15, -0.1) is 0 Å². The minimum absolute atomic E-state index is 0.0507. The van der Waals surface area contributed by atoms with Crippen molar-refractivity contribution < 1.29 is 22.7 Å². The van der Waals surface area contributed by atoms with Gasteiger partial charge in [0.25, 0.3) is 10.0 Å². The van der Waals surface area contributed by atoms with Crippen molar-refractivity contribution in [3.63, 3.8) is 0 Å². The summed E-state index contributed by atoms with van der Waals surface area (Å²) in [6, 6.07) is 19.8. The summed E-state index contributed by atoms with van der Waals surface area (Å²) in [6.45, 7) is 2.09. The van der Waals surface area contributed by atoms with Crippen molar-refractivity contribution in [1.82, 2.24) is 0 Å². The molecule has 3 aromatic rings. The highest BCUT2D eigenvalue weighted by Gasteiger charge is 2.28. The number of nitrogens with zero attached hydrogens (tertiary/aromatic N) is 2. The van der Waals surface area contributed by atoms with Gasteiger partial charge in [0.1, 0.15) is 12.3 Å². The number of carbonyl (C=O) groups is 2. The fourth-order valence-electron chi connectivity index (χ4n) is 4.01. The maximum atomic E-state index is 13.5. The number of ether oxygens (including phenoxy) is 1. The first kappa shape index (κ1) is 24.3. The molecule has 1 saturated heterocycles.